The van der Waals surface area contributed by atoms with Gasteiger partial charge in [-0.25, -0.2) is 0 Å². The van der Waals surface area contributed by atoms with Crippen LogP contribution in [0.15, 0.2) is 0 Å². The molecule has 0 radical (unpaired) electrons. The van der Waals surface area contributed by atoms with E-state index in [1.807, 2.05) is 0 Å². The molecule has 1 saturated heterocycles. The molecule has 2 heteroatoms. The van der Waals surface area contributed by atoms with E-state index in [1.54, 1.807) is 0 Å². The maximum absolute atomic E-state index is 3.81. The van der Waals surface area contributed by atoms with Crippen LogP contribution in [0.1, 0.15) is 72.6 Å². The van der Waals surface area contributed by atoms with E-state index in [4.69, 9.17) is 0 Å². The van der Waals surface area contributed by atoms with Crippen molar-refractivity contribution < 1.29 is 0 Å². The molecule has 0 bridgehead atoms. The van der Waals surface area contributed by atoms with Crippen molar-refractivity contribution in [2.45, 2.75) is 90.8 Å². The fraction of sp³-hybridized carbons (Fsp3) is 1.00. The second-order valence-corrected chi connectivity index (χ2v) is 7.42. The molecule has 1 heterocycles. The summed E-state index contributed by atoms with van der Waals surface area (Å²) in [6.07, 6.45) is 9.84. The lowest BCUT2D eigenvalue weighted by atomic mass is 9.80. The van der Waals surface area contributed by atoms with E-state index in [0.29, 0.717) is 0 Å². The maximum Gasteiger partial charge on any atom is 0.0247 e. The van der Waals surface area contributed by atoms with Gasteiger partial charge in [0, 0.05) is 31.2 Å². The fourth-order valence-corrected chi connectivity index (χ4v) is 4.50. The van der Waals surface area contributed by atoms with Gasteiger partial charge >= 0.3 is 0 Å². The normalized spacial score (nSPS) is 36.5. The quantitative estimate of drug-likeness (QED) is 0.817. The van der Waals surface area contributed by atoms with E-state index in [0.717, 1.165) is 30.0 Å². The Morgan fingerprint density at radius 3 is 2.55 bits per heavy atom. The van der Waals surface area contributed by atoms with Gasteiger partial charge in [-0.2, -0.15) is 0 Å². The highest BCUT2D eigenvalue weighted by Gasteiger charge is 2.37. The first kappa shape index (κ1) is 16.3. The van der Waals surface area contributed by atoms with E-state index < -0.39 is 0 Å². The molecule has 0 amide bonds. The Hall–Kier alpha value is -0.0800. The molecule has 4 unspecified atom stereocenters. The molecule has 0 aromatic heterocycles. The summed E-state index contributed by atoms with van der Waals surface area (Å²) >= 11 is 0. The third kappa shape index (κ3) is 3.76. The van der Waals surface area contributed by atoms with Crippen molar-refractivity contribution in [1.82, 2.24) is 10.2 Å². The highest BCUT2D eigenvalue weighted by atomic mass is 15.3. The molecule has 4 atom stereocenters. The number of hydrogen-bond donors (Lipinski definition) is 1. The molecule has 2 aliphatic rings. The first-order valence-corrected chi connectivity index (χ1v) is 9.16. The summed E-state index contributed by atoms with van der Waals surface area (Å²) in [5.74, 6) is 1.72. The molecule has 1 N–H and O–H groups in total. The summed E-state index contributed by atoms with van der Waals surface area (Å²) in [7, 11) is 0. The van der Waals surface area contributed by atoms with Gasteiger partial charge in [0.05, 0.1) is 0 Å². The zero-order chi connectivity index (χ0) is 14.5. The summed E-state index contributed by atoms with van der Waals surface area (Å²) in [4.78, 5) is 2.93. The Morgan fingerprint density at radius 1 is 1.15 bits per heavy atom. The number of nitrogens with one attached hydrogen (secondary N) is 1. The largest absolute Gasteiger partial charge is 0.311 e. The molecule has 1 saturated carbocycles. The number of rotatable bonds is 5. The van der Waals surface area contributed by atoms with Crippen LogP contribution < -0.4 is 5.32 Å². The standard InChI is InChI=1S/C18H36N2/c1-5-9-16-13-20(18(12-19-16)14(3)4)17-11-8-7-10-15(17)6-2/h14-19H,5-13H2,1-4H3. The Balaban J connectivity index is 2.08. The smallest absolute Gasteiger partial charge is 0.0247 e. The van der Waals surface area contributed by atoms with Crippen LogP contribution in [-0.2, 0) is 0 Å². The number of piperazine rings is 1. The van der Waals surface area contributed by atoms with Crippen molar-refractivity contribution >= 4 is 0 Å². The van der Waals surface area contributed by atoms with Gasteiger partial charge in [-0.05, 0) is 31.1 Å². The summed E-state index contributed by atoms with van der Waals surface area (Å²) in [5.41, 5.74) is 0. The summed E-state index contributed by atoms with van der Waals surface area (Å²) in [6, 6.07) is 2.34. The number of nitrogens with zero attached hydrogens (tertiary/aromatic N) is 1. The average molecular weight is 280 g/mol. The van der Waals surface area contributed by atoms with Crippen LogP contribution in [0.4, 0.5) is 0 Å². The lowest BCUT2D eigenvalue weighted by Gasteiger charge is -2.50. The van der Waals surface area contributed by atoms with Crippen molar-refractivity contribution in [2.75, 3.05) is 13.1 Å². The van der Waals surface area contributed by atoms with Gasteiger partial charge in [-0.3, -0.25) is 4.90 Å². The van der Waals surface area contributed by atoms with E-state index in [1.165, 1.54) is 58.0 Å². The second kappa shape index (κ2) is 7.79. The van der Waals surface area contributed by atoms with Crippen molar-refractivity contribution in [3.63, 3.8) is 0 Å². The zero-order valence-electron chi connectivity index (χ0n) is 14.2. The molecular formula is C18H36N2. The zero-order valence-corrected chi connectivity index (χ0v) is 14.2. The Labute approximate surface area is 126 Å². The Morgan fingerprint density at radius 2 is 1.90 bits per heavy atom. The molecular weight excluding hydrogens is 244 g/mol. The maximum atomic E-state index is 3.81. The van der Waals surface area contributed by atoms with Crippen molar-refractivity contribution in [3.05, 3.63) is 0 Å². The third-order valence-electron chi connectivity index (χ3n) is 5.70. The molecule has 118 valence electrons. The van der Waals surface area contributed by atoms with Crippen LogP contribution in [0.5, 0.6) is 0 Å². The average Bonchev–Trinajstić information content (AvgIpc) is 2.47. The molecule has 2 fully saturated rings. The van der Waals surface area contributed by atoms with E-state index in [9.17, 15) is 0 Å². The highest BCUT2D eigenvalue weighted by Crippen LogP contribution is 2.34. The van der Waals surface area contributed by atoms with E-state index in [2.05, 4.69) is 37.9 Å². The predicted molar refractivity (Wildman–Crippen MR) is 88.1 cm³/mol. The molecule has 0 spiro atoms. The van der Waals surface area contributed by atoms with Crippen molar-refractivity contribution in [2.24, 2.45) is 11.8 Å². The van der Waals surface area contributed by atoms with Gasteiger partial charge in [-0.15, -0.1) is 0 Å². The molecule has 2 nitrogen and oxygen atoms in total. The van der Waals surface area contributed by atoms with E-state index >= 15 is 0 Å². The van der Waals surface area contributed by atoms with Gasteiger partial charge in [0.25, 0.3) is 0 Å². The van der Waals surface area contributed by atoms with Crippen LogP contribution in [-0.4, -0.2) is 36.1 Å². The number of hydrogen-bond acceptors (Lipinski definition) is 2. The predicted octanol–water partition coefficient (Wildman–Crippen LogP) is 4.05. The molecule has 2 rings (SSSR count). The molecule has 20 heavy (non-hydrogen) atoms. The SMILES string of the molecule is CCCC1CN(C2CCCCC2CC)C(C(C)C)CN1. The molecule has 0 aromatic rings. The van der Waals surface area contributed by atoms with Crippen molar-refractivity contribution in [1.29, 1.82) is 0 Å². The van der Waals surface area contributed by atoms with Crippen molar-refractivity contribution in [3.8, 4) is 0 Å². The van der Waals surface area contributed by atoms with Crippen LogP contribution in [0.3, 0.4) is 0 Å². The lowest BCUT2D eigenvalue weighted by Crippen LogP contribution is -2.62. The van der Waals surface area contributed by atoms with Crippen LogP contribution in [0.25, 0.3) is 0 Å². The Kier molecular flexibility index (Phi) is 6.35. The molecule has 0 aromatic carbocycles. The Bertz CT molecular complexity index is 277. The third-order valence-corrected chi connectivity index (χ3v) is 5.70. The fourth-order valence-electron chi connectivity index (χ4n) is 4.50. The topological polar surface area (TPSA) is 15.3 Å². The monoisotopic (exact) mass is 280 g/mol. The van der Waals surface area contributed by atoms with E-state index in [-0.39, 0.29) is 0 Å². The summed E-state index contributed by atoms with van der Waals surface area (Å²) in [5, 5.41) is 3.81. The molecule has 1 aliphatic heterocycles. The lowest BCUT2D eigenvalue weighted by molar-refractivity contribution is 0.00972. The minimum Gasteiger partial charge on any atom is -0.311 e. The summed E-state index contributed by atoms with van der Waals surface area (Å²) in [6.45, 7) is 12.0. The van der Waals surface area contributed by atoms with Gasteiger partial charge in [0.1, 0.15) is 0 Å². The first-order chi connectivity index (χ1) is 9.67. The van der Waals surface area contributed by atoms with Gasteiger partial charge < -0.3 is 5.32 Å². The van der Waals surface area contributed by atoms with Crippen LogP contribution >= 0.6 is 0 Å². The minimum absolute atomic E-state index is 0.731. The van der Waals surface area contributed by atoms with Gasteiger partial charge in [0.2, 0.25) is 0 Å². The minimum atomic E-state index is 0.731. The highest BCUT2D eigenvalue weighted by molar-refractivity contribution is 4.94. The molecule has 1 aliphatic carbocycles. The van der Waals surface area contributed by atoms with Gasteiger partial charge in [0.15, 0.2) is 0 Å². The van der Waals surface area contributed by atoms with Crippen LogP contribution in [0, 0.1) is 11.8 Å². The van der Waals surface area contributed by atoms with Gasteiger partial charge in [-0.1, -0.05) is 53.4 Å². The second-order valence-electron chi connectivity index (χ2n) is 7.42. The first-order valence-electron chi connectivity index (χ1n) is 9.16. The van der Waals surface area contributed by atoms with Crippen LogP contribution in [0.2, 0.25) is 0 Å². The summed E-state index contributed by atoms with van der Waals surface area (Å²) < 4.78 is 0.